The van der Waals surface area contributed by atoms with E-state index in [1.807, 2.05) is 31.2 Å². The van der Waals surface area contributed by atoms with Gasteiger partial charge in [-0.3, -0.25) is 9.59 Å². The summed E-state index contributed by atoms with van der Waals surface area (Å²) in [6.07, 6.45) is 3.36. The van der Waals surface area contributed by atoms with E-state index < -0.39 is 6.04 Å². The smallest absolute Gasteiger partial charge is 0.246 e. The SMILES string of the molecule is CC1C(=O)Nc2ccccc2CN1C(=O)C1CC2CC2C1. The fraction of sp³-hybridized carbons (Fsp3) is 0.529. The van der Waals surface area contributed by atoms with Crippen molar-refractivity contribution in [2.75, 3.05) is 5.32 Å². The van der Waals surface area contributed by atoms with E-state index in [9.17, 15) is 9.59 Å². The van der Waals surface area contributed by atoms with Gasteiger partial charge in [-0.25, -0.2) is 0 Å². The minimum atomic E-state index is -0.401. The van der Waals surface area contributed by atoms with Crippen LogP contribution in [0, 0.1) is 17.8 Å². The Morgan fingerprint density at radius 1 is 1.19 bits per heavy atom. The molecule has 2 aliphatic carbocycles. The average molecular weight is 284 g/mol. The lowest BCUT2D eigenvalue weighted by Crippen LogP contribution is -2.45. The standard InChI is InChI=1S/C17H20N2O2/c1-10-16(20)18-15-5-3-2-4-11(15)9-19(10)17(21)14-7-12-6-13(12)8-14/h2-5,10,12-14H,6-9H2,1H3,(H,18,20). The molecule has 0 saturated heterocycles. The van der Waals surface area contributed by atoms with Crippen LogP contribution in [-0.2, 0) is 16.1 Å². The topological polar surface area (TPSA) is 49.4 Å². The van der Waals surface area contributed by atoms with E-state index >= 15 is 0 Å². The van der Waals surface area contributed by atoms with E-state index in [1.165, 1.54) is 6.42 Å². The molecule has 21 heavy (non-hydrogen) atoms. The third-order valence-corrected chi connectivity index (χ3v) is 5.34. The van der Waals surface area contributed by atoms with E-state index in [2.05, 4.69) is 5.32 Å². The maximum atomic E-state index is 12.8. The van der Waals surface area contributed by atoms with E-state index in [0.717, 1.165) is 35.9 Å². The first-order valence-electron chi connectivity index (χ1n) is 7.82. The van der Waals surface area contributed by atoms with Gasteiger partial charge in [0.2, 0.25) is 11.8 Å². The number of carbonyl (C=O) groups is 2. The largest absolute Gasteiger partial charge is 0.326 e. The van der Waals surface area contributed by atoms with Gasteiger partial charge in [0.25, 0.3) is 0 Å². The van der Waals surface area contributed by atoms with Crippen molar-refractivity contribution in [2.24, 2.45) is 17.8 Å². The molecule has 1 heterocycles. The second kappa shape index (κ2) is 4.58. The van der Waals surface area contributed by atoms with E-state index in [1.54, 1.807) is 4.90 Å². The van der Waals surface area contributed by atoms with Crippen molar-refractivity contribution >= 4 is 17.5 Å². The Kier molecular flexibility index (Phi) is 2.81. The number of carbonyl (C=O) groups excluding carboxylic acids is 2. The molecule has 4 rings (SSSR count). The predicted molar refractivity (Wildman–Crippen MR) is 79.4 cm³/mol. The maximum absolute atomic E-state index is 12.8. The van der Waals surface area contributed by atoms with Crippen LogP contribution in [0.2, 0.25) is 0 Å². The highest BCUT2D eigenvalue weighted by Gasteiger charge is 2.49. The first kappa shape index (κ1) is 12.9. The molecule has 4 heteroatoms. The van der Waals surface area contributed by atoms with Crippen molar-refractivity contribution < 1.29 is 9.59 Å². The van der Waals surface area contributed by atoms with Crippen LogP contribution in [0.25, 0.3) is 0 Å². The number of amides is 2. The predicted octanol–water partition coefficient (Wildman–Crippen LogP) is 2.40. The van der Waals surface area contributed by atoms with Gasteiger partial charge in [0, 0.05) is 18.2 Å². The summed E-state index contributed by atoms with van der Waals surface area (Å²) in [6.45, 7) is 2.36. The molecule has 1 N–H and O–H groups in total. The number of benzene rings is 1. The van der Waals surface area contributed by atoms with Crippen LogP contribution in [0.3, 0.4) is 0 Å². The van der Waals surface area contributed by atoms with Crippen molar-refractivity contribution in [3.05, 3.63) is 29.8 Å². The summed E-state index contributed by atoms with van der Waals surface area (Å²) in [6, 6.07) is 7.35. The number of nitrogens with one attached hydrogen (secondary N) is 1. The Labute approximate surface area is 124 Å². The number of hydrogen-bond acceptors (Lipinski definition) is 2. The van der Waals surface area contributed by atoms with Gasteiger partial charge in [-0.05, 0) is 49.7 Å². The summed E-state index contributed by atoms with van der Waals surface area (Å²) in [5.74, 6) is 1.77. The highest BCUT2D eigenvalue weighted by atomic mass is 16.2. The molecule has 110 valence electrons. The first-order valence-corrected chi connectivity index (χ1v) is 7.82. The quantitative estimate of drug-likeness (QED) is 0.861. The molecule has 1 aromatic rings. The second-order valence-electron chi connectivity index (χ2n) is 6.71. The van der Waals surface area contributed by atoms with Crippen LogP contribution in [0.5, 0.6) is 0 Å². The Morgan fingerprint density at radius 3 is 2.67 bits per heavy atom. The van der Waals surface area contributed by atoms with E-state index in [0.29, 0.717) is 6.54 Å². The van der Waals surface area contributed by atoms with Crippen LogP contribution in [0.4, 0.5) is 5.69 Å². The lowest BCUT2D eigenvalue weighted by atomic mass is 10.0. The molecule has 0 spiro atoms. The van der Waals surface area contributed by atoms with Gasteiger partial charge >= 0.3 is 0 Å². The molecular formula is C17H20N2O2. The molecule has 1 aliphatic heterocycles. The molecule has 0 aromatic heterocycles. The van der Waals surface area contributed by atoms with Crippen LogP contribution in [0.15, 0.2) is 24.3 Å². The second-order valence-corrected chi connectivity index (χ2v) is 6.71. The zero-order valence-corrected chi connectivity index (χ0v) is 12.2. The molecule has 0 radical (unpaired) electrons. The molecule has 1 aromatic carbocycles. The number of nitrogens with zero attached hydrogens (tertiary/aromatic N) is 1. The van der Waals surface area contributed by atoms with Gasteiger partial charge in [-0.15, -0.1) is 0 Å². The Balaban J connectivity index is 1.61. The Hall–Kier alpha value is -1.84. The molecule has 2 fully saturated rings. The molecule has 2 amide bonds. The van der Waals surface area contributed by atoms with Crippen LogP contribution >= 0.6 is 0 Å². The van der Waals surface area contributed by atoms with Gasteiger partial charge < -0.3 is 10.2 Å². The molecule has 4 nitrogen and oxygen atoms in total. The summed E-state index contributed by atoms with van der Waals surface area (Å²) < 4.78 is 0. The number of fused-ring (bicyclic) bond motifs is 2. The summed E-state index contributed by atoms with van der Waals surface area (Å²) in [7, 11) is 0. The van der Waals surface area contributed by atoms with E-state index in [-0.39, 0.29) is 17.7 Å². The van der Waals surface area contributed by atoms with Crippen molar-refractivity contribution in [1.29, 1.82) is 0 Å². The number of hydrogen-bond donors (Lipinski definition) is 1. The van der Waals surface area contributed by atoms with Crippen molar-refractivity contribution in [3.63, 3.8) is 0 Å². The molecule has 3 atom stereocenters. The molecule has 2 saturated carbocycles. The average Bonchev–Trinajstić information content (AvgIpc) is 3.13. The fourth-order valence-electron chi connectivity index (χ4n) is 3.90. The summed E-state index contributed by atoms with van der Waals surface area (Å²) in [5.41, 5.74) is 1.85. The zero-order chi connectivity index (χ0) is 14.6. The molecule has 3 unspecified atom stereocenters. The van der Waals surface area contributed by atoms with Gasteiger partial charge in [-0.1, -0.05) is 18.2 Å². The molecular weight excluding hydrogens is 264 g/mol. The third kappa shape index (κ3) is 2.13. The maximum Gasteiger partial charge on any atom is 0.246 e. The minimum Gasteiger partial charge on any atom is -0.326 e. The highest BCUT2D eigenvalue weighted by Crippen LogP contribution is 2.54. The van der Waals surface area contributed by atoms with Crippen molar-refractivity contribution in [1.82, 2.24) is 4.90 Å². The third-order valence-electron chi connectivity index (χ3n) is 5.34. The van der Waals surface area contributed by atoms with Crippen LogP contribution < -0.4 is 5.32 Å². The van der Waals surface area contributed by atoms with Crippen LogP contribution in [-0.4, -0.2) is 22.8 Å². The highest BCUT2D eigenvalue weighted by molar-refractivity contribution is 5.98. The Bertz CT molecular complexity index is 603. The van der Waals surface area contributed by atoms with Crippen molar-refractivity contribution in [3.8, 4) is 0 Å². The summed E-state index contributed by atoms with van der Waals surface area (Å²) in [4.78, 5) is 26.9. The van der Waals surface area contributed by atoms with E-state index in [4.69, 9.17) is 0 Å². The normalized spacial score (nSPS) is 33.8. The first-order chi connectivity index (χ1) is 10.1. The van der Waals surface area contributed by atoms with Crippen molar-refractivity contribution in [2.45, 2.75) is 38.8 Å². The summed E-state index contributed by atoms with van der Waals surface area (Å²) in [5, 5.41) is 2.93. The lowest BCUT2D eigenvalue weighted by molar-refractivity contribution is -0.142. The monoisotopic (exact) mass is 284 g/mol. The van der Waals surface area contributed by atoms with Gasteiger partial charge in [0.05, 0.1) is 0 Å². The number of anilines is 1. The minimum absolute atomic E-state index is 0.0866. The molecule has 0 bridgehead atoms. The van der Waals surface area contributed by atoms with Gasteiger partial charge in [0.1, 0.15) is 6.04 Å². The number of rotatable bonds is 1. The Morgan fingerprint density at radius 2 is 1.90 bits per heavy atom. The lowest BCUT2D eigenvalue weighted by Gasteiger charge is -2.29. The van der Waals surface area contributed by atoms with Gasteiger partial charge in [-0.2, -0.15) is 0 Å². The van der Waals surface area contributed by atoms with Crippen LogP contribution in [0.1, 0.15) is 31.7 Å². The fourth-order valence-corrected chi connectivity index (χ4v) is 3.90. The molecule has 3 aliphatic rings. The van der Waals surface area contributed by atoms with Gasteiger partial charge in [0.15, 0.2) is 0 Å². The zero-order valence-electron chi connectivity index (χ0n) is 12.2. The number of para-hydroxylation sites is 1. The summed E-state index contributed by atoms with van der Waals surface area (Å²) >= 11 is 0.